The highest BCUT2D eigenvalue weighted by molar-refractivity contribution is 5.89. The molecule has 1 fully saturated rings. The van der Waals surface area contributed by atoms with Gasteiger partial charge in [0.05, 0.1) is 24.9 Å². The van der Waals surface area contributed by atoms with Crippen molar-refractivity contribution < 1.29 is 13.9 Å². The van der Waals surface area contributed by atoms with Gasteiger partial charge in [0, 0.05) is 12.6 Å². The third-order valence-electron chi connectivity index (χ3n) is 2.29. The number of nitrogens with one attached hydrogen (secondary N) is 2. The third-order valence-corrected chi connectivity index (χ3v) is 2.29. The van der Waals surface area contributed by atoms with Crippen LogP contribution in [0.15, 0.2) is 18.2 Å². The summed E-state index contributed by atoms with van der Waals surface area (Å²) in [4.78, 5) is 10.8. The van der Waals surface area contributed by atoms with Gasteiger partial charge in [0.1, 0.15) is 5.82 Å². The smallest absolute Gasteiger partial charge is 0.221 e. The van der Waals surface area contributed by atoms with Gasteiger partial charge in [0.25, 0.3) is 0 Å². The Morgan fingerprint density at radius 3 is 2.81 bits per heavy atom. The fraction of sp³-hybridized carbons (Fsp3) is 0.364. The summed E-state index contributed by atoms with van der Waals surface area (Å²) in [5, 5.41) is 5.61. The maximum atomic E-state index is 13.3. The summed E-state index contributed by atoms with van der Waals surface area (Å²) in [6, 6.07) is 4.82. The van der Waals surface area contributed by atoms with Crippen molar-refractivity contribution in [3.05, 3.63) is 24.0 Å². The Kier molecular flexibility index (Phi) is 3.05. The van der Waals surface area contributed by atoms with Crippen LogP contribution in [0.3, 0.4) is 0 Å². The lowest BCUT2D eigenvalue weighted by atomic mass is 10.2. The molecule has 0 saturated carbocycles. The van der Waals surface area contributed by atoms with Crippen molar-refractivity contribution in [2.24, 2.45) is 0 Å². The summed E-state index contributed by atoms with van der Waals surface area (Å²) in [5.74, 6) is -0.728. The topological polar surface area (TPSA) is 50.4 Å². The van der Waals surface area contributed by atoms with E-state index in [9.17, 15) is 9.18 Å². The van der Waals surface area contributed by atoms with Crippen molar-refractivity contribution in [3.63, 3.8) is 0 Å². The molecule has 0 atom stereocenters. The Morgan fingerprint density at radius 1 is 1.50 bits per heavy atom. The van der Waals surface area contributed by atoms with Crippen LogP contribution in [0, 0.1) is 5.82 Å². The van der Waals surface area contributed by atoms with E-state index in [1.54, 1.807) is 12.1 Å². The highest BCUT2D eigenvalue weighted by Gasteiger charge is 2.18. The van der Waals surface area contributed by atoms with Gasteiger partial charge in [0.2, 0.25) is 5.91 Å². The number of halogens is 1. The largest absolute Gasteiger partial charge is 0.378 e. The van der Waals surface area contributed by atoms with Crippen molar-refractivity contribution in [1.29, 1.82) is 0 Å². The first kappa shape index (κ1) is 10.9. The molecular weight excluding hydrogens is 211 g/mol. The normalized spacial score (nSPS) is 15.4. The summed E-state index contributed by atoms with van der Waals surface area (Å²) in [6.07, 6.45) is 0. The second-order valence-electron chi connectivity index (χ2n) is 3.75. The monoisotopic (exact) mass is 224 g/mol. The van der Waals surface area contributed by atoms with Gasteiger partial charge in [-0.2, -0.15) is 0 Å². The van der Waals surface area contributed by atoms with Crippen LogP contribution in [-0.2, 0) is 9.53 Å². The SMILES string of the molecule is CC(=O)Nc1cc(NC2COC2)ccc1F. The molecule has 0 spiro atoms. The Hall–Kier alpha value is -1.62. The molecule has 0 aromatic heterocycles. The zero-order valence-corrected chi connectivity index (χ0v) is 8.92. The standard InChI is InChI=1S/C11H13FN2O2/c1-7(15)13-11-4-8(2-3-10(11)12)14-9-5-16-6-9/h2-4,9,14H,5-6H2,1H3,(H,13,15). The minimum atomic E-state index is -0.439. The summed E-state index contributed by atoms with van der Waals surface area (Å²) in [7, 11) is 0. The van der Waals surface area contributed by atoms with Crippen LogP contribution in [0.4, 0.5) is 15.8 Å². The maximum absolute atomic E-state index is 13.3. The van der Waals surface area contributed by atoms with Gasteiger partial charge in [-0.1, -0.05) is 0 Å². The van der Waals surface area contributed by atoms with Gasteiger partial charge in [-0.25, -0.2) is 4.39 Å². The summed E-state index contributed by atoms with van der Waals surface area (Å²) < 4.78 is 18.3. The Morgan fingerprint density at radius 2 is 2.25 bits per heavy atom. The lowest BCUT2D eigenvalue weighted by molar-refractivity contribution is -0.114. The quantitative estimate of drug-likeness (QED) is 0.819. The molecule has 1 saturated heterocycles. The second-order valence-corrected chi connectivity index (χ2v) is 3.75. The fourth-order valence-corrected chi connectivity index (χ4v) is 1.46. The summed E-state index contributed by atoms with van der Waals surface area (Å²) in [5.41, 5.74) is 0.969. The van der Waals surface area contributed by atoms with Crippen molar-refractivity contribution >= 4 is 17.3 Å². The van der Waals surface area contributed by atoms with Crippen LogP contribution in [0.25, 0.3) is 0 Å². The highest BCUT2D eigenvalue weighted by atomic mass is 19.1. The lowest BCUT2D eigenvalue weighted by Gasteiger charge is -2.28. The molecule has 1 aromatic carbocycles. The van der Waals surface area contributed by atoms with Crippen LogP contribution >= 0.6 is 0 Å². The number of benzene rings is 1. The molecule has 2 rings (SSSR count). The molecule has 2 N–H and O–H groups in total. The Balaban J connectivity index is 2.10. The van der Waals surface area contributed by atoms with Gasteiger partial charge < -0.3 is 15.4 Å². The number of carbonyl (C=O) groups is 1. The van der Waals surface area contributed by atoms with E-state index in [1.807, 2.05) is 0 Å². The van der Waals surface area contributed by atoms with Crippen molar-refractivity contribution in [2.45, 2.75) is 13.0 Å². The van der Waals surface area contributed by atoms with E-state index in [0.29, 0.717) is 13.2 Å². The van der Waals surface area contributed by atoms with E-state index >= 15 is 0 Å². The first-order chi connectivity index (χ1) is 7.65. The van der Waals surface area contributed by atoms with E-state index in [-0.39, 0.29) is 17.6 Å². The number of anilines is 2. The molecule has 1 amide bonds. The van der Waals surface area contributed by atoms with E-state index in [4.69, 9.17) is 4.74 Å². The van der Waals surface area contributed by atoms with Crippen LogP contribution in [0.2, 0.25) is 0 Å². The molecule has 1 aromatic rings. The van der Waals surface area contributed by atoms with E-state index in [0.717, 1.165) is 5.69 Å². The average Bonchev–Trinajstić information content (AvgIpc) is 2.15. The van der Waals surface area contributed by atoms with Crippen molar-refractivity contribution in [3.8, 4) is 0 Å². The number of amides is 1. The van der Waals surface area contributed by atoms with E-state index < -0.39 is 5.82 Å². The predicted octanol–water partition coefficient (Wildman–Crippen LogP) is 1.59. The minimum Gasteiger partial charge on any atom is -0.378 e. The Bertz CT molecular complexity index is 405. The summed E-state index contributed by atoms with van der Waals surface area (Å²) in [6.45, 7) is 2.67. The number of hydrogen-bond donors (Lipinski definition) is 2. The zero-order valence-electron chi connectivity index (χ0n) is 8.92. The van der Waals surface area contributed by atoms with Crippen LogP contribution in [0.5, 0.6) is 0 Å². The van der Waals surface area contributed by atoms with Gasteiger partial charge in [-0.15, -0.1) is 0 Å². The molecule has 16 heavy (non-hydrogen) atoms. The number of carbonyl (C=O) groups excluding carboxylic acids is 1. The van der Waals surface area contributed by atoms with E-state index in [2.05, 4.69) is 10.6 Å². The fourth-order valence-electron chi connectivity index (χ4n) is 1.46. The lowest BCUT2D eigenvalue weighted by Crippen LogP contribution is -2.40. The molecular formula is C11H13FN2O2. The number of ether oxygens (including phenoxy) is 1. The first-order valence-electron chi connectivity index (χ1n) is 5.06. The van der Waals surface area contributed by atoms with Crippen LogP contribution in [0.1, 0.15) is 6.92 Å². The molecule has 1 heterocycles. The van der Waals surface area contributed by atoms with Crippen LogP contribution in [-0.4, -0.2) is 25.2 Å². The molecule has 4 nitrogen and oxygen atoms in total. The third kappa shape index (κ3) is 2.49. The number of rotatable bonds is 3. The zero-order chi connectivity index (χ0) is 11.5. The first-order valence-corrected chi connectivity index (χ1v) is 5.06. The number of hydrogen-bond acceptors (Lipinski definition) is 3. The Labute approximate surface area is 92.8 Å². The van der Waals surface area contributed by atoms with Gasteiger partial charge in [0.15, 0.2) is 0 Å². The predicted molar refractivity (Wildman–Crippen MR) is 58.9 cm³/mol. The molecule has 0 unspecified atom stereocenters. The average molecular weight is 224 g/mol. The van der Waals surface area contributed by atoms with E-state index in [1.165, 1.54) is 13.0 Å². The molecule has 1 aliphatic rings. The van der Waals surface area contributed by atoms with Gasteiger partial charge in [-0.3, -0.25) is 4.79 Å². The molecule has 5 heteroatoms. The highest BCUT2D eigenvalue weighted by Crippen LogP contribution is 2.21. The summed E-state index contributed by atoms with van der Waals surface area (Å²) >= 11 is 0. The molecule has 86 valence electrons. The maximum Gasteiger partial charge on any atom is 0.221 e. The molecule has 1 aliphatic heterocycles. The van der Waals surface area contributed by atoms with Gasteiger partial charge in [-0.05, 0) is 18.2 Å². The van der Waals surface area contributed by atoms with Crippen molar-refractivity contribution in [2.75, 3.05) is 23.8 Å². The second kappa shape index (κ2) is 4.49. The van der Waals surface area contributed by atoms with Crippen molar-refractivity contribution in [1.82, 2.24) is 0 Å². The van der Waals surface area contributed by atoms with Gasteiger partial charge >= 0.3 is 0 Å². The molecule has 0 bridgehead atoms. The minimum absolute atomic E-state index is 0.192. The molecule has 0 aliphatic carbocycles. The molecule has 0 radical (unpaired) electrons. The van der Waals surface area contributed by atoms with Crippen LogP contribution < -0.4 is 10.6 Å².